The van der Waals surface area contributed by atoms with Crippen LogP contribution in [0.5, 0.6) is 0 Å². The number of nitrogens with one attached hydrogen (secondary N) is 1. The van der Waals surface area contributed by atoms with Crippen LogP contribution >= 0.6 is 0 Å². The first-order valence-corrected chi connectivity index (χ1v) is 7.52. The van der Waals surface area contributed by atoms with Gasteiger partial charge in [-0.1, -0.05) is 6.07 Å². The highest BCUT2D eigenvalue weighted by atomic mass is 16.2. The molecule has 2 rings (SSSR count). The van der Waals surface area contributed by atoms with E-state index in [1.54, 1.807) is 4.90 Å². The van der Waals surface area contributed by atoms with Crippen molar-refractivity contribution in [2.24, 2.45) is 5.84 Å². The zero-order valence-corrected chi connectivity index (χ0v) is 13.5. The zero-order valence-electron chi connectivity index (χ0n) is 13.5. The number of carbonyl (C=O) groups excluding carboxylic acids is 2. The van der Waals surface area contributed by atoms with E-state index in [2.05, 4.69) is 37.8 Å². The van der Waals surface area contributed by atoms with Crippen LogP contribution in [-0.4, -0.2) is 42.9 Å². The minimum Gasteiger partial charge on any atom is -0.368 e. The Hall–Kier alpha value is -2.08. The number of aryl methyl sites for hydroxylation is 3. The maximum atomic E-state index is 12.0. The van der Waals surface area contributed by atoms with E-state index < -0.39 is 5.91 Å². The maximum Gasteiger partial charge on any atom is 0.243 e. The highest BCUT2D eigenvalue weighted by molar-refractivity contribution is 5.96. The van der Waals surface area contributed by atoms with Gasteiger partial charge >= 0.3 is 0 Å². The number of amides is 2. The molecule has 1 heterocycles. The first kappa shape index (κ1) is 16.3. The fourth-order valence-corrected chi connectivity index (χ4v) is 2.78. The molecule has 1 aliphatic rings. The van der Waals surface area contributed by atoms with Crippen molar-refractivity contribution >= 4 is 17.5 Å². The number of carbonyl (C=O) groups is 2. The molecule has 0 aliphatic carbocycles. The SMILES string of the molecule is Cc1cc(C)c(N2CCN(C(=O)CC(=O)NN)CC2)cc1C. The summed E-state index contributed by atoms with van der Waals surface area (Å²) in [6.07, 6.45) is -0.181. The molecule has 120 valence electrons. The quantitative estimate of drug-likeness (QED) is 0.372. The van der Waals surface area contributed by atoms with Crippen LogP contribution in [-0.2, 0) is 9.59 Å². The number of piperazine rings is 1. The largest absolute Gasteiger partial charge is 0.368 e. The molecule has 22 heavy (non-hydrogen) atoms. The number of benzene rings is 1. The highest BCUT2D eigenvalue weighted by Gasteiger charge is 2.23. The second kappa shape index (κ2) is 6.79. The Morgan fingerprint density at radius 1 is 1.05 bits per heavy atom. The fourth-order valence-electron chi connectivity index (χ4n) is 2.78. The standard InChI is InChI=1S/C16H24N4O2/c1-11-8-13(3)14(9-12(11)2)19-4-6-20(7-5-19)16(22)10-15(21)18-17/h8-9H,4-7,10,17H2,1-3H3,(H,18,21). The summed E-state index contributed by atoms with van der Waals surface area (Å²) < 4.78 is 0. The van der Waals surface area contributed by atoms with Crippen LogP contribution in [0.15, 0.2) is 12.1 Å². The van der Waals surface area contributed by atoms with Gasteiger partial charge in [-0.15, -0.1) is 0 Å². The second-order valence-electron chi connectivity index (χ2n) is 5.84. The van der Waals surface area contributed by atoms with Crippen molar-refractivity contribution in [1.82, 2.24) is 10.3 Å². The third-order valence-electron chi connectivity index (χ3n) is 4.26. The van der Waals surface area contributed by atoms with E-state index in [1.165, 1.54) is 22.4 Å². The van der Waals surface area contributed by atoms with Crippen molar-refractivity contribution in [3.63, 3.8) is 0 Å². The molecule has 6 nitrogen and oxygen atoms in total. The van der Waals surface area contributed by atoms with Gasteiger partial charge in [0, 0.05) is 31.9 Å². The van der Waals surface area contributed by atoms with Gasteiger partial charge < -0.3 is 9.80 Å². The smallest absolute Gasteiger partial charge is 0.243 e. The molecular weight excluding hydrogens is 280 g/mol. The lowest BCUT2D eigenvalue weighted by atomic mass is 10.0. The summed E-state index contributed by atoms with van der Waals surface area (Å²) in [7, 11) is 0. The predicted molar refractivity (Wildman–Crippen MR) is 86.4 cm³/mol. The molecule has 1 aromatic carbocycles. The summed E-state index contributed by atoms with van der Waals surface area (Å²) in [4.78, 5) is 27.2. The summed E-state index contributed by atoms with van der Waals surface area (Å²) in [5.74, 6) is 4.40. The Bertz CT molecular complexity index is 578. The van der Waals surface area contributed by atoms with Crippen molar-refractivity contribution in [1.29, 1.82) is 0 Å². The van der Waals surface area contributed by atoms with Crippen molar-refractivity contribution in [3.05, 3.63) is 28.8 Å². The molecule has 0 spiro atoms. The van der Waals surface area contributed by atoms with Gasteiger partial charge in [-0.25, -0.2) is 5.84 Å². The van der Waals surface area contributed by atoms with Crippen molar-refractivity contribution in [2.45, 2.75) is 27.2 Å². The monoisotopic (exact) mass is 304 g/mol. The lowest BCUT2D eigenvalue weighted by Crippen LogP contribution is -2.50. The van der Waals surface area contributed by atoms with Gasteiger partial charge in [0.15, 0.2) is 0 Å². The van der Waals surface area contributed by atoms with E-state index in [9.17, 15) is 9.59 Å². The Morgan fingerprint density at radius 2 is 1.64 bits per heavy atom. The Kier molecular flexibility index (Phi) is 5.03. The molecule has 0 saturated carbocycles. The predicted octanol–water partition coefficient (Wildman–Crippen LogP) is 0.640. The number of hydrogen-bond donors (Lipinski definition) is 2. The van der Waals surface area contributed by atoms with E-state index in [0.29, 0.717) is 13.1 Å². The Labute approximate surface area is 131 Å². The number of rotatable bonds is 3. The molecule has 0 bridgehead atoms. The normalized spacial score (nSPS) is 14.9. The van der Waals surface area contributed by atoms with Crippen molar-refractivity contribution in [2.75, 3.05) is 31.1 Å². The van der Waals surface area contributed by atoms with Crippen molar-refractivity contribution in [3.8, 4) is 0 Å². The third-order valence-corrected chi connectivity index (χ3v) is 4.26. The lowest BCUT2D eigenvalue weighted by molar-refractivity contribution is -0.136. The van der Waals surface area contributed by atoms with Gasteiger partial charge in [0.25, 0.3) is 0 Å². The first-order chi connectivity index (χ1) is 10.4. The molecule has 2 amide bonds. The van der Waals surface area contributed by atoms with Crippen LogP contribution in [0, 0.1) is 20.8 Å². The van der Waals surface area contributed by atoms with E-state index in [-0.39, 0.29) is 12.3 Å². The van der Waals surface area contributed by atoms with Crippen LogP contribution in [0.2, 0.25) is 0 Å². The molecule has 6 heteroatoms. The lowest BCUT2D eigenvalue weighted by Gasteiger charge is -2.37. The average molecular weight is 304 g/mol. The minimum absolute atomic E-state index is 0.167. The summed E-state index contributed by atoms with van der Waals surface area (Å²) in [5.41, 5.74) is 7.05. The number of hydrogen-bond acceptors (Lipinski definition) is 4. The van der Waals surface area contributed by atoms with Gasteiger partial charge in [-0.05, 0) is 43.5 Å². The second-order valence-corrected chi connectivity index (χ2v) is 5.84. The Balaban J connectivity index is 1.99. The zero-order chi connectivity index (χ0) is 16.3. The van der Waals surface area contributed by atoms with E-state index in [1.807, 2.05) is 5.43 Å². The van der Waals surface area contributed by atoms with Crippen LogP contribution in [0.4, 0.5) is 5.69 Å². The number of nitrogens with zero attached hydrogens (tertiary/aromatic N) is 2. The molecule has 0 radical (unpaired) electrons. The molecular formula is C16H24N4O2. The molecule has 1 fully saturated rings. The summed E-state index contributed by atoms with van der Waals surface area (Å²) in [5, 5.41) is 0. The highest BCUT2D eigenvalue weighted by Crippen LogP contribution is 2.25. The van der Waals surface area contributed by atoms with Gasteiger partial charge in [0.2, 0.25) is 11.8 Å². The van der Waals surface area contributed by atoms with Gasteiger partial charge in [0.1, 0.15) is 6.42 Å². The Morgan fingerprint density at radius 3 is 2.23 bits per heavy atom. The summed E-state index contributed by atoms with van der Waals surface area (Å²) in [6, 6.07) is 4.41. The van der Waals surface area contributed by atoms with Crippen LogP contribution in [0.25, 0.3) is 0 Å². The van der Waals surface area contributed by atoms with E-state index in [0.717, 1.165) is 13.1 Å². The van der Waals surface area contributed by atoms with Gasteiger partial charge in [-0.3, -0.25) is 15.0 Å². The number of hydrazine groups is 1. The number of nitrogens with two attached hydrogens (primary N) is 1. The average Bonchev–Trinajstić information content (AvgIpc) is 2.51. The molecule has 0 atom stereocenters. The molecule has 0 aromatic heterocycles. The van der Waals surface area contributed by atoms with Gasteiger partial charge in [-0.2, -0.15) is 0 Å². The van der Waals surface area contributed by atoms with Crippen LogP contribution in [0.1, 0.15) is 23.1 Å². The first-order valence-electron chi connectivity index (χ1n) is 7.52. The third kappa shape index (κ3) is 3.57. The molecule has 1 saturated heterocycles. The van der Waals surface area contributed by atoms with Gasteiger partial charge in [0.05, 0.1) is 0 Å². The summed E-state index contributed by atoms with van der Waals surface area (Å²) >= 11 is 0. The van der Waals surface area contributed by atoms with E-state index >= 15 is 0 Å². The minimum atomic E-state index is -0.447. The maximum absolute atomic E-state index is 12.0. The fraction of sp³-hybridized carbons (Fsp3) is 0.500. The van der Waals surface area contributed by atoms with Crippen LogP contribution < -0.4 is 16.2 Å². The van der Waals surface area contributed by atoms with Crippen LogP contribution in [0.3, 0.4) is 0 Å². The topological polar surface area (TPSA) is 78.7 Å². The van der Waals surface area contributed by atoms with Crippen molar-refractivity contribution < 1.29 is 9.59 Å². The van der Waals surface area contributed by atoms with E-state index in [4.69, 9.17) is 5.84 Å². The number of anilines is 1. The molecule has 0 unspecified atom stereocenters. The molecule has 1 aromatic rings. The molecule has 3 N–H and O–H groups in total. The molecule has 1 aliphatic heterocycles. The summed E-state index contributed by atoms with van der Waals surface area (Å²) in [6.45, 7) is 9.16.